The molecule has 1 N–H and O–H groups in total. The van der Waals surface area contributed by atoms with Crippen LogP contribution in [0.1, 0.15) is 39.0 Å². The fourth-order valence-corrected chi connectivity index (χ4v) is 2.76. The summed E-state index contributed by atoms with van der Waals surface area (Å²) in [5.41, 5.74) is 5.82. The Morgan fingerprint density at radius 3 is 2.52 bits per heavy atom. The fraction of sp³-hybridized carbons (Fsp3) is 0.333. The highest BCUT2D eigenvalue weighted by atomic mass is 35.5. The first-order valence-electron chi connectivity index (χ1n) is 6.49. The van der Waals surface area contributed by atoms with Crippen LogP contribution in [0.2, 0.25) is 10.0 Å². The average molecular weight is 342 g/mol. The standard InChI is InChI=1S/C15H17Cl2N3S/c1-9(10-5-6-11(16)12(17)7-10)19-20-14-18-13(8-21-14)15(2,3)4/h5-8H,1-4H3,(H,18,20)/b19-9+. The Morgan fingerprint density at radius 2 is 1.95 bits per heavy atom. The van der Waals surface area contributed by atoms with Gasteiger partial charge >= 0.3 is 0 Å². The molecule has 0 aliphatic rings. The number of nitrogens with zero attached hydrogens (tertiary/aromatic N) is 2. The molecule has 6 heteroatoms. The number of rotatable bonds is 3. The van der Waals surface area contributed by atoms with Crippen molar-refractivity contribution in [2.45, 2.75) is 33.1 Å². The molecule has 1 aromatic heterocycles. The summed E-state index contributed by atoms with van der Waals surface area (Å²) in [7, 11) is 0. The Balaban J connectivity index is 2.13. The Morgan fingerprint density at radius 1 is 1.24 bits per heavy atom. The molecule has 2 rings (SSSR count). The Labute approximate surface area is 139 Å². The van der Waals surface area contributed by atoms with Crippen molar-refractivity contribution in [3.05, 3.63) is 44.9 Å². The summed E-state index contributed by atoms with van der Waals surface area (Å²) in [5, 5.41) is 8.23. The normalized spacial score (nSPS) is 12.6. The van der Waals surface area contributed by atoms with Crippen molar-refractivity contribution in [3.63, 3.8) is 0 Å². The van der Waals surface area contributed by atoms with Crippen molar-refractivity contribution in [1.82, 2.24) is 4.98 Å². The Kier molecular flexibility index (Phi) is 4.91. The van der Waals surface area contributed by atoms with Gasteiger partial charge in [0.1, 0.15) is 0 Å². The summed E-state index contributed by atoms with van der Waals surface area (Å²) in [4.78, 5) is 4.53. The van der Waals surface area contributed by atoms with Gasteiger partial charge in [0.25, 0.3) is 0 Å². The van der Waals surface area contributed by atoms with Gasteiger partial charge in [0.15, 0.2) is 0 Å². The van der Waals surface area contributed by atoms with Crippen molar-refractivity contribution in [2.75, 3.05) is 5.43 Å². The van der Waals surface area contributed by atoms with E-state index in [1.165, 1.54) is 0 Å². The van der Waals surface area contributed by atoms with Gasteiger partial charge in [-0.3, -0.25) is 5.43 Å². The van der Waals surface area contributed by atoms with E-state index in [0.29, 0.717) is 10.0 Å². The van der Waals surface area contributed by atoms with Crippen LogP contribution in [0, 0.1) is 0 Å². The predicted octanol–water partition coefficient (Wildman–Crippen LogP) is 5.58. The van der Waals surface area contributed by atoms with E-state index in [9.17, 15) is 0 Å². The number of hydrogen-bond donors (Lipinski definition) is 1. The van der Waals surface area contributed by atoms with Gasteiger partial charge in [-0.15, -0.1) is 11.3 Å². The van der Waals surface area contributed by atoms with Gasteiger partial charge in [0, 0.05) is 10.8 Å². The summed E-state index contributed by atoms with van der Waals surface area (Å²) in [6.07, 6.45) is 0. The number of aromatic nitrogens is 1. The van der Waals surface area contributed by atoms with Crippen LogP contribution in [0.4, 0.5) is 5.13 Å². The van der Waals surface area contributed by atoms with Gasteiger partial charge in [0.2, 0.25) is 5.13 Å². The molecule has 0 atom stereocenters. The molecule has 0 saturated carbocycles. The summed E-state index contributed by atoms with van der Waals surface area (Å²) >= 11 is 13.5. The van der Waals surface area contributed by atoms with Crippen LogP contribution in [0.25, 0.3) is 0 Å². The molecule has 0 fully saturated rings. The molecule has 1 aromatic carbocycles. The van der Waals surface area contributed by atoms with Crippen LogP contribution >= 0.6 is 34.5 Å². The highest BCUT2D eigenvalue weighted by Crippen LogP contribution is 2.26. The number of hydrazone groups is 1. The number of anilines is 1. The smallest absolute Gasteiger partial charge is 0.203 e. The van der Waals surface area contributed by atoms with Gasteiger partial charge in [-0.2, -0.15) is 5.10 Å². The minimum atomic E-state index is 0.0406. The number of hydrogen-bond acceptors (Lipinski definition) is 4. The molecule has 0 spiro atoms. The topological polar surface area (TPSA) is 37.3 Å². The van der Waals surface area contributed by atoms with Gasteiger partial charge in [-0.1, -0.05) is 50.0 Å². The molecule has 0 unspecified atom stereocenters. The largest absolute Gasteiger partial charge is 0.252 e. The molecule has 112 valence electrons. The maximum absolute atomic E-state index is 6.01. The van der Waals surface area contributed by atoms with E-state index in [-0.39, 0.29) is 5.41 Å². The summed E-state index contributed by atoms with van der Waals surface area (Å²) in [6, 6.07) is 5.45. The fourth-order valence-electron chi connectivity index (χ4n) is 1.59. The minimum Gasteiger partial charge on any atom is -0.252 e. The summed E-state index contributed by atoms with van der Waals surface area (Å²) in [5.74, 6) is 0. The minimum absolute atomic E-state index is 0.0406. The second-order valence-corrected chi connectivity index (χ2v) is 7.40. The zero-order valence-corrected chi connectivity index (χ0v) is 14.7. The van der Waals surface area contributed by atoms with Crippen molar-refractivity contribution in [3.8, 4) is 0 Å². The van der Waals surface area contributed by atoms with Gasteiger partial charge in [-0.05, 0) is 24.6 Å². The van der Waals surface area contributed by atoms with E-state index < -0.39 is 0 Å². The van der Waals surface area contributed by atoms with Crippen LogP contribution in [0.5, 0.6) is 0 Å². The molecular formula is C15H17Cl2N3S. The van der Waals surface area contributed by atoms with Crippen LogP contribution in [-0.4, -0.2) is 10.7 Å². The second kappa shape index (κ2) is 6.34. The Bertz CT molecular complexity index is 672. The lowest BCUT2D eigenvalue weighted by Crippen LogP contribution is -2.11. The third kappa shape index (κ3) is 4.19. The van der Waals surface area contributed by atoms with E-state index in [2.05, 4.69) is 36.3 Å². The SMILES string of the molecule is C/C(=N\Nc1nc(C(C)(C)C)cs1)c1ccc(Cl)c(Cl)c1. The summed E-state index contributed by atoms with van der Waals surface area (Å²) < 4.78 is 0. The maximum Gasteiger partial charge on any atom is 0.203 e. The molecule has 0 aliphatic carbocycles. The lowest BCUT2D eigenvalue weighted by molar-refractivity contribution is 0.573. The molecule has 0 radical (unpaired) electrons. The molecule has 2 aromatic rings. The van der Waals surface area contributed by atoms with Gasteiger partial charge in [0.05, 0.1) is 21.5 Å². The predicted molar refractivity (Wildman–Crippen MR) is 93.1 cm³/mol. The third-order valence-electron chi connectivity index (χ3n) is 2.93. The van der Waals surface area contributed by atoms with Gasteiger partial charge in [-0.25, -0.2) is 4.98 Å². The Hall–Kier alpha value is -1.10. The molecule has 3 nitrogen and oxygen atoms in total. The van der Waals surface area contributed by atoms with Crippen LogP contribution in [0.3, 0.4) is 0 Å². The summed E-state index contributed by atoms with van der Waals surface area (Å²) in [6.45, 7) is 8.31. The molecule has 21 heavy (non-hydrogen) atoms. The first kappa shape index (κ1) is 16.3. The first-order chi connectivity index (χ1) is 9.77. The zero-order chi connectivity index (χ0) is 15.6. The van der Waals surface area contributed by atoms with Crippen molar-refractivity contribution >= 4 is 45.4 Å². The van der Waals surface area contributed by atoms with E-state index in [1.807, 2.05) is 18.4 Å². The average Bonchev–Trinajstić information content (AvgIpc) is 2.88. The van der Waals surface area contributed by atoms with Crippen molar-refractivity contribution in [1.29, 1.82) is 0 Å². The third-order valence-corrected chi connectivity index (χ3v) is 4.42. The number of halogens is 2. The number of nitrogens with one attached hydrogen (secondary N) is 1. The lowest BCUT2D eigenvalue weighted by atomic mass is 9.93. The first-order valence-corrected chi connectivity index (χ1v) is 8.12. The van der Waals surface area contributed by atoms with E-state index in [1.54, 1.807) is 23.5 Å². The molecule has 0 bridgehead atoms. The zero-order valence-electron chi connectivity index (χ0n) is 12.4. The van der Waals surface area contributed by atoms with Crippen LogP contribution in [0.15, 0.2) is 28.7 Å². The number of thiazole rings is 1. The molecule has 0 aliphatic heterocycles. The van der Waals surface area contributed by atoms with E-state index >= 15 is 0 Å². The van der Waals surface area contributed by atoms with Crippen molar-refractivity contribution < 1.29 is 0 Å². The second-order valence-electron chi connectivity index (χ2n) is 5.73. The van der Waals surface area contributed by atoms with E-state index in [4.69, 9.17) is 23.2 Å². The highest BCUT2D eigenvalue weighted by molar-refractivity contribution is 7.13. The monoisotopic (exact) mass is 341 g/mol. The van der Waals surface area contributed by atoms with E-state index in [0.717, 1.165) is 22.1 Å². The molecule has 0 amide bonds. The molecule has 0 saturated heterocycles. The van der Waals surface area contributed by atoms with Gasteiger partial charge < -0.3 is 0 Å². The highest BCUT2D eigenvalue weighted by Gasteiger charge is 2.17. The lowest BCUT2D eigenvalue weighted by Gasteiger charge is -2.14. The molecular weight excluding hydrogens is 325 g/mol. The van der Waals surface area contributed by atoms with Crippen LogP contribution < -0.4 is 5.43 Å². The van der Waals surface area contributed by atoms with Crippen LogP contribution in [-0.2, 0) is 5.41 Å². The quantitative estimate of drug-likeness (QED) is 0.584. The van der Waals surface area contributed by atoms with Crippen molar-refractivity contribution in [2.24, 2.45) is 5.10 Å². The number of benzene rings is 1. The molecule has 1 heterocycles. The maximum atomic E-state index is 6.01.